The number of hydrogen-bond acceptors (Lipinski definition) is 3. The van der Waals surface area contributed by atoms with Gasteiger partial charge in [0.25, 0.3) is 0 Å². The number of hydrogen-bond donors (Lipinski definition) is 2. The van der Waals surface area contributed by atoms with Crippen LogP contribution in [0.2, 0.25) is 0 Å². The van der Waals surface area contributed by atoms with E-state index in [1.165, 1.54) is 11.0 Å². The fourth-order valence-electron chi connectivity index (χ4n) is 1.56. The van der Waals surface area contributed by atoms with Crippen LogP contribution in [0.5, 0.6) is 0 Å². The van der Waals surface area contributed by atoms with Crippen LogP contribution < -0.4 is 5.32 Å². The lowest BCUT2D eigenvalue weighted by Crippen LogP contribution is -2.43. The number of carbonyl (C=O) groups excluding carboxylic acids is 1. The molecule has 0 saturated carbocycles. The first-order valence-electron chi connectivity index (χ1n) is 5.86. The van der Waals surface area contributed by atoms with Crippen LogP contribution in [0.4, 0.5) is 4.79 Å². The Morgan fingerprint density at radius 2 is 2.37 bits per heavy atom. The van der Waals surface area contributed by atoms with Crippen LogP contribution in [0, 0.1) is 0 Å². The smallest absolute Gasteiger partial charge is 0.323 e. The summed E-state index contributed by atoms with van der Waals surface area (Å²) in [6, 6.07) is -0.411. The molecular formula is C12H18N4O3. The first-order chi connectivity index (χ1) is 9.02. The molecule has 1 heterocycles. The van der Waals surface area contributed by atoms with Crippen LogP contribution in [0.15, 0.2) is 25.0 Å². The van der Waals surface area contributed by atoms with Crippen molar-refractivity contribution >= 4 is 12.0 Å². The number of rotatable bonds is 7. The lowest BCUT2D eigenvalue weighted by molar-refractivity contribution is -0.137. The van der Waals surface area contributed by atoms with E-state index in [9.17, 15) is 9.59 Å². The van der Waals surface area contributed by atoms with E-state index in [0.717, 1.165) is 5.56 Å². The molecule has 19 heavy (non-hydrogen) atoms. The number of aliphatic carboxylic acids is 1. The van der Waals surface area contributed by atoms with Gasteiger partial charge in [-0.2, -0.15) is 5.10 Å². The summed E-state index contributed by atoms with van der Waals surface area (Å²) in [5.74, 6) is -1.05. The van der Waals surface area contributed by atoms with Crippen LogP contribution in [0.25, 0.3) is 0 Å². The number of nitrogens with one attached hydrogen (secondary N) is 1. The number of amides is 2. The predicted octanol–water partition coefficient (Wildman–Crippen LogP) is 0.245. The van der Waals surface area contributed by atoms with Gasteiger partial charge in [0, 0.05) is 26.3 Å². The number of nitrogens with zero attached hydrogens (tertiary/aromatic N) is 3. The molecule has 0 aromatic carbocycles. The SMILES string of the molecule is C=CCN(CC(=O)O)C(=O)NCCc1cnn(C)c1. The van der Waals surface area contributed by atoms with Crippen LogP contribution in [-0.4, -0.2) is 51.4 Å². The summed E-state index contributed by atoms with van der Waals surface area (Å²) in [6.45, 7) is 3.78. The van der Waals surface area contributed by atoms with E-state index in [2.05, 4.69) is 17.0 Å². The summed E-state index contributed by atoms with van der Waals surface area (Å²) < 4.78 is 1.69. The monoisotopic (exact) mass is 266 g/mol. The lowest BCUT2D eigenvalue weighted by atomic mass is 10.2. The van der Waals surface area contributed by atoms with E-state index in [-0.39, 0.29) is 13.1 Å². The van der Waals surface area contributed by atoms with Crippen molar-refractivity contribution in [3.05, 3.63) is 30.6 Å². The third kappa shape index (κ3) is 5.24. The molecule has 0 bridgehead atoms. The molecule has 0 saturated heterocycles. The molecule has 2 N–H and O–H groups in total. The number of carboxylic acid groups (broad SMARTS) is 1. The molecule has 0 fully saturated rings. The van der Waals surface area contributed by atoms with Crippen LogP contribution in [-0.2, 0) is 18.3 Å². The van der Waals surface area contributed by atoms with Gasteiger partial charge in [-0.15, -0.1) is 6.58 Å². The van der Waals surface area contributed by atoms with Gasteiger partial charge in [-0.25, -0.2) is 4.79 Å². The molecule has 7 nitrogen and oxygen atoms in total. The number of aryl methyl sites for hydroxylation is 1. The summed E-state index contributed by atoms with van der Waals surface area (Å²) in [6.07, 6.45) is 5.73. The Hall–Kier alpha value is -2.31. The molecule has 0 aliphatic carbocycles. The molecule has 1 rings (SSSR count). The largest absolute Gasteiger partial charge is 0.480 e. The van der Waals surface area contributed by atoms with Crippen molar-refractivity contribution in [3.63, 3.8) is 0 Å². The topological polar surface area (TPSA) is 87.5 Å². The fourth-order valence-corrected chi connectivity index (χ4v) is 1.56. The minimum absolute atomic E-state index is 0.199. The van der Waals surface area contributed by atoms with Gasteiger partial charge in [-0.3, -0.25) is 9.48 Å². The zero-order valence-electron chi connectivity index (χ0n) is 10.9. The van der Waals surface area contributed by atoms with E-state index >= 15 is 0 Å². The average Bonchev–Trinajstić information content (AvgIpc) is 2.74. The maximum Gasteiger partial charge on any atom is 0.323 e. The fraction of sp³-hybridized carbons (Fsp3) is 0.417. The summed E-state index contributed by atoms with van der Waals surface area (Å²) in [5, 5.41) is 15.4. The van der Waals surface area contributed by atoms with Gasteiger partial charge < -0.3 is 15.3 Å². The van der Waals surface area contributed by atoms with Crippen LogP contribution in [0.3, 0.4) is 0 Å². The maximum absolute atomic E-state index is 11.7. The molecule has 104 valence electrons. The maximum atomic E-state index is 11.7. The van der Waals surface area contributed by atoms with Crippen molar-refractivity contribution in [1.29, 1.82) is 0 Å². The van der Waals surface area contributed by atoms with Crippen molar-refractivity contribution in [2.75, 3.05) is 19.6 Å². The Morgan fingerprint density at radius 3 is 2.89 bits per heavy atom. The van der Waals surface area contributed by atoms with Gasteiger partial charge in [-0.05, 0) is 12.0 Å². The second kappa shape index (κ2) is 7.20. The lowest BCUT2D eigenvalue weighted by Gasteiger charge is -2.19. The Labute approximate surface area is 111 Å². The van der Waals surface area contributed by atoms with E-state index in [0.29, 0.717) is 13.0 Å². The highest BCUT2D eigenvalue weighted by Crippen LogP contribution is 1.97. The molecule has 2 amide bonds. The average molecular weight is 266 g/mol. The van der Waals surface area contributed by atoms with Gasteiger partial charge in [0.2, 0.25) is 0 Å². The summed E-state index contributed by atoms with van der Waals surface area (Å²) >= 11 is 0. The molecule has 0 spiro atoms. The van der Waals surface area contributed by atoms with E-state index < -0.39 is 12.0 Å². The standard InChI is InChI=1S/C12H18N4O3/c1-3-6-16(9-11(17)18)12(19)13-5-4-10-7-14-15(2)8-10/h3,7-8H,1,4-6,9H2,2H3,(H,13,19)(H,17,18). The third-order valence-electron chi connectivity index (χ3n) is 2.41. The quantitative estimate of drug-likeness (QED) is 0.692. The zero-order chi connectivity index (χ0) is 14.3. The number of carboxylic acids is 1. The molecule has 0 radical (unpaired) electrons. The minimum Gasteiger partial charge on any atom is -0.480 e. The molecule has 7 heteroatoms. The normalized spacial score (nSPS) is 9.95. The van der Waals surface area contributed by atoms with E-state index in [1.54, 1.807) is 10.9 Å². The molecule has 1 aromatic rings. The first-order valence-corrected chi connectivity index (χ1v) is 5.86. The van der Waals surface area contributed by atoms with Crippen molar-refractivity contribution < 1.29 is 14.7 Å². The summed E-state index contributed by atoms with van der Waals surface area (Å²) in [4.78, 5) is 23.5. The Balaban J connectivity index is 2.39. The molecule has 0 aliphatic rings. The summed E-state index contributed by atoms with van der Waals surface area (Å²) in [7, 11) is 1.82. The molecule has 0 atom stereocenters. The van der Waals surface area contributed by atoms with Crippen molar-refractivity contribution in [2.24, 2.45) is 7.05 Å². The molecule has 1 aromatic heterocycles. The van der Waals surface area contributed by atoms with Crippen molar-refractivity contribution in [3.8, 4) is 0 Å². The zero-order valence-corrected chi connectivity index (χ0v) is 10.9. The van der Waals surface area contributed by atoms with Gasteiger partial charge in [0.1, 0.15) is 6.54 Å². The Bertz CT molecular complexity index is 456. The van der Waals surface area contributed by atoms with Crippen molar-refractivity contribution in [1.82, 2.24) is 20.0 Å². The molecular weight excluding hydrogens is 248 g/mol. The van der Waals surface area contributed by atoms with Gasteiger partial charge in [0.15, 0.2) is 0 Å². The first kappa shape index (κ1) is 14.7. The van der Waals surface area contributed by atoms with E-state index in [4.69, 9.17) is 5.11 Å². The number of carbonyl (C=O) groups is 2. The molecule has 0 unspecified atom stereocenters. The van der Waals surface area contributed by atoms with Crippen LogP contribution in [0.1, 0.15) is 5.56 Å². The van der Waals surface area contributed by atoms with Gasteiger partial charge in [-0.1, -0.05) is 6.08 Å². The van der Waals surface area contributed by atoms with Crippen LogP contribution >= 0.6 is 0 Å². The highest BCUT2D eigenvalue weighted by atomic mass is 16.4. The highest BCUT2D eigenvalue weighted by molar-refractivity contribution is 5.80. The van der Waals surface area contributed by atoms with Gasteiger partial charge >= 0.3 is 12.0 Å². The third-order valence-corrected chi connectivity index (χ3v) is 2.41. The number of aromatic nitrogens is 2. The van der Waals surface area contributed by atoms with E-state index in [1.807, 2.05) is 13.2 Å². The second-order valence-corrected chi connectivity index (χ2v) is 4.07. The second-order valence-electron chi connectivity index (χ2n) is 4.07. The summed E-state index contributed by atoms with van der Waals surface area (Å²) in [5.41, 5.74) is 1.01. The number of urea groups is 1. The Morgan fingerprint density at radius 1 is 1.63 bits per heavy atom. The van der Waals surface area contributed by atoms with Gasteiger partial charge in [0.05, 0.1) is 6.20 Å². The molecule has 0 aliphatic heterocycles. The Kier molecular flexibility index (Phi) is 5.59. The predicted molar refractivity (Wildman–Crippen MR) is 69.7 cm³/mol. The van der Waals surface area contributed by atoms with Crippen molar-refractivity contribution in [2.45, 2.75) is 6.42 Å². The minimum atomic E-state index is -1.05. The highest BCUT2D eigenvalue weighted by Gasteiger charge is 2.14.